The van der Waals surface area contributed by atoms with Gasteiger partial charge in [0, 0.05) is 5.41 Å². The summed E-state index contributed by atoms with van der Waals surface area (Å²) in [7, 11) is 0. The maximum Gasteiger partial charge on any atom is 0.161 e. The first kappa shape index (κ1) is 12.5. The first-order valence-corrected chi connectivity index (χ1v) is 7.87. The Morgan fingerprint density at radius 1 is 1.05 bits per heavy atom. The van der Waals surface area contributed by atoms with Crippen molar-refractivity contribution in [1.82, 2.24) is 5.32 Å². The number of piperidine rings is 1. The highest BCUT2D eigenvalue weighted by atomic mass is 16.5. The molecule has 0 unspecified atom stereocenters. The van der Waals surface area contributed by atoms with Gasteiger partial charge in [-0.1, -0.05) is 0 Å². The van der Waals surface area contributed by atoms with E-state index in [4.69, 9.17) is 9.47 Å². The van der Waals surface area contributed by atoms with Crippen LogP contribution in [0.3, 0.4) is 0 Å². The van der Waals surface area contributed by atoms with E-state index in [1.807, 2.05) is 0 Å². The van der Waals surface area contributed by atoms with Crippen LogP contribution in [0, 0.1) is 12.3 Å². The minimum atomic E-state index is 0.321. The lowest BCUT2D eigenvalue weighted by Crippen LogP contribution is -2.27. The predicted molar refractivity (Wildman–Crippen MR) is 78.7 cm³/mol. The molecular weight excluding hydrogens is 250 g/mol. The topological polar surface area (TPSA) is 30.5 Å². The first-order chi connectivity index (χ1) is 9.76. The van der Waals surface area contributed by atoms with Crippen molar-refractivity contribution >= 4 is 0 Å². The van der Waals surface area contributed by atoms with Gasteiger partial charge in [-0.2, -0.15) is 0 Å². The van der Waals surface area contributed by atoms with Crippen LogP contribution in [-0.2, 0) is 0 Å². The summed E-state index contributed by atoms with van der Waals surface area (Å²) < 4.78 is 12.1. The molecule has 1 aliphatic carbocycles. The van der Waals surface area contributed by atoms with Crippen molar-refractivity contribution in [1.29, 1.82) is 0 Å². The summed E-state index contributed by atoms with van der Waals surface area (Å²) in [6.45, 7) is 6.11. The van der Waals surface area contributed by atoms with E-state index >= 15 is 0 Å². The van der Waals surface area contributed by atoms with E-state index < -0.39 is 0 Å². The largest absolute Gasteiger partial charge is 0.489 e. The summed E-state index contributed by atoms with van der Waals surface area (Å²) in [5.41, 5.74) is 3.13. The number of rotatable bonds is 1. The molecule has 3 nitrogen and oxygen atoms in total. The molecule has 1 aromatic carbocycles. The molecule has 0 aromatic heterocycles. The Morgan fingerprint density at radius 3 is 2.35 bits per heavy atom. The molecule has 2 fully saturated rings. The number of fused-ring (bicyclic) bond motifs is 1. The summed E-state index contributed by atoms with van der Waals surface area (Å²) >= 11 is 0. The van der Waals surface area contributed by atoms with E-state index in [-0.39, 0.29) is 0 Å². The first-order valence-electron chi connectivity index (χ1n) is 7.87. The normalized spacial score (nSPS) is 24.4. The summed E-state index contributed by atoms with van der Waals surface area (Å²) in [4.78, 5) is 0. The van der Waals surface area contributed by atoms with Crippen molar-refractivity contribution in [2.45, 2.75) is 38.5 Å². The average Bonchev–Trinajstić information content (AvgIpc) is 3.27. The van der Waals surface area contributed by atoms with Crippen molar-refractivity contribution < 1.29 is 9.47 Å². The molecule has 2 aliphatic heterocycles. The fourth-order valence-corrected chi connectivity index (χ4v) is 3.44. The maximum atomic E-state index is 6.07. The van der Waals surface area contributed by atoms with Crippen molar-refractivity contribution in [3.05, 3.63) is 23.3 Å². The van der Waals surface area contributed by atoms with E-state index in [2.05, 4.69) is 24.4 Å². The van der Waals surface area contributed by atoms with E-state index in [1.54, 1.807) is 0 Å². The number of benzene rings is 1. The number of aryl methyl sites for hydroxylation is 1. The highest BCUT2D eigenvalue weighted by Gasteiger charge is 2.46. The molecule has 2 heterocycles. The van der Waals surface area contributed by atoms with Crippen molar-refractivity contribution in [3.8, 4) is 11.5 Å². The molecular formula is C17H23NO2. The third kappa shape index (κ3) is 2.18. The van der Waals surface area contributed by atoms with Crippen molar-refractivity contribution in [2.24, 2.45) is 5.41 Å². The zero-order chi connectivity index (χ0) is 13.6. The van der Waals surface area contributed by atoms with E-state index in [0.29, 0.717) is 11.3 Å². The molecule has 108 valence electrons. The van der Waals surface area contributed by atoms with Gasteiger partial charge in [0.25, 0.3) is 0 Å². The molecule has 1 N–H and O–H groups in total. The predicted octanol–water partition coefficient (Wildman–Crippen LogP) is 3.01. The van der Waals surface area contributed by atoms with Gasteiger partial charge >= 0.3 is 0 Å². The second kappa shape index (κ2) is 4.66. The average molecular weight is 273 g/mol. The van der Waals surface area contributed by atoms with Gasteiger partial charge in [-0.25, -0.2) is 0 Å². The van der Waals surface area contributed by atoms with E-state index in [0.717, 1.165) is 37.8 Å². The Labute approximate surface area is 120 Å². The van der Waals surface area contributed by atoms with Crippen LogP contribution in [0.15, 0.2) is 12.1 Å². The Balaban J connectivity index is 1.63. The van der Waals surface area contributed by atoms with E-state index in [9.17, 15) is 0 Å². The summed E-state index contributed by atoms with van der Waals surface area (Å²) in [5, 5.41) is 3.44. The molecule has 1 aromatic rings. The maximum absolute atomic E-state index is 6.07. The van der Waals surface area contributed by atoms with Gasteiger partial charge in [0.05, 0.1) is 13.2 Å². The number of hydrogen-bond acceptors (Lipinski definition) is 3. The SMILES string of the molecule is Cc1cc2c(cc1C1CCNCC1)OCC1(CC1)CO2. The Hall–Kier alpha value is -1.22. The molecule has 0 radical (unpaired) electrons. The molecule has 3 aliphatic rings. The highest BCUT2D eigenvalue weighted by molar-refractivity contribution is 5.49. The van der Waals surface area contributed by atoms with Gasteiger partial charge in [-0.05, 0) is 74.9 Å². The van der Waals surface area contributed by atoms with Gasteiger partial charge in [0.1, 0.15) is 0 Å². The van der Waals surface area contributed by atoms with Crippen LogP contribution in [-0.4, -0.2) is 26.3 Å². The number of nitrogens with one attached hydrogen (secondary N) is 1. The molecule has 4 rings (SSSR count). The summed E-state index contributed by atoms with van der Waals surface area (Å²) in [6, 6.07) is 4.44. The van der Waals surface area contributed by atoms with Crippen molar-refractivity contribution in [2.75, 3.05) is 26.3 Å². The van der Waals surface area contributed by atoms with Gasteiger partial charge in [-0.15, -0.1) is 0 Å². The molecule has 0 bridgehead atoms. The van der Waals surface area contributed by atoms with Gasteiger partial charge in [0.15, 0.2) is 11.5 Å². The summed E-state index contributed by atoms with van der Waals surface area (Å²) in [5.74, 6) is 2.58. The molecule has 1 spiro atoms. The summed E-state index contributed by atoms with van der Waals surface area (Å²) in [6.07, 6.45) is 4.96. The lowest BCUT2D eigenvalue weighted by molar-refractivity contribution is 0.197. The zero-order valence-corrected chi connectivity index (χ0v) is 12.2. The van der Waals surface area contributed by atoms with Crippen LogP contribution < -0.4 is 14.8 Å². The van der Waals surface area contributed by atoms with Gasteiger partial charge < -0.3 is 14.8 Å². The fraction of sp³-hybridized carbons (Fsp3) is 0.647. The third-order valence-corrected chi connectivity index (χ3v) is 5.14. The Bertz CT molecular complexity index is 516. The van der Waals surface area contributed by atoms with Crippen LogP contribution in [0.2, 0.25) is 0 Å². The molecule has 1 saturated heterocycles. The van der Waals surface area contributed by atoms with Crippen LogP contribution in [0.4, 0.5) is 0 Å². The fourth-order valence-electron chi connectivity index (χ4n) is 3.44. The Morgan fingerprint density at radius 2 is 1.70 bits per heavy atom. The lowest BCUT2D eigenvalue weighted by Gasteiger charge is -2.25. The highest BCUT2D eigenvalue weighted by Crippen LogP contribution is 2.49. The van der Waals surface area contributed by atoms with Crippen LogP contribution in [0.5, 0.6) is 11.5 Å². The number of hydrogen-bond donors (Lipinski definition) is 1. The molecule has 0 atom stereocenters. The standard InChI is InChI=1S/C17H23NO2/c1-12-8-15-16(20-11-17(4-5-17)10-19-15)9-14(12)13-2-6-18-7-3-13/h8-9,13,18H,2-7,10-11H2,1H3. The smallest absolute Gasteiger partial charge is 0.161 e. The van der Waals surface area contributed by atoms with Crippen LogP contribution >= 0.6 is 0 Å². The minimum Gasteiger partial charge on any atom is -0.489 e. The third-order valence-electron chi connectivity index (χ3n) is 5.14. The quantitative estimate of drug-likeness (QED) is 0.853. The lowest BCUT2D eigenvalue weighted by atomic mass is 9.87. The second-order valence-corrected chi connectivity index (χ2v) is 6.76. The molecule has 20 heavy (non-hydrogen) atoms. The Kier molecular flexibility index (Phi) is 2.92. The van der Waals surface area contributed by atoms with Crippen molar-refractivity contribution in [3.63, 3.8) is 0 Å². The van der Waals surface area contributed by atoms with Crippen LogP contribution in [0.25, 0.3) is 0 Å². The van der Waals surface area contributed by atoms with Crippen LogP contribution in [0.1, 0.15) is 42.7 Å². The van der Waals surface area contributed by atoms with Gasteiger partial charge in [0.2, 0.25) is 0 Å². The van der Waals surface area contributed by atoms with E-state index in [1.165, 1.54) is 36.8 Å². The monoisotopic (exact) mass is 273 g/mol. The molecule has 3 heteroatoms. The molecule has 0 amide bonds. The number of ether oxygens (including phenoxy) is 2. The minimum absolute atomic E-state index is 0.321. The molecule has 1 saturated carbocycles. The zero-order valence-electron chi connectivity index (χ0n) is 12.2. The van der Waals surface area contributed by atoms with Gasteiger partial charge in [-0.3, -0.25) is 0 Å². The second-order valence-electron chi connectivity index (χ2n) is 6.76.